The number of hydrogen-bond acceptors (Lipinski definition) is 3. The van der Waals surface area contributed by atoms with Crippen LogP contribution in [0.2, 0.25) is 0 Å². The predicted octanol–water partition coefficient (Wildman–Crippen LogP) is 3.23. The van der Waals surface area contributed by atoms with E-state index in [-0.39, 0.29) is 29.9 Å². The summed E-state index contributed by atoms with van der Waals surface area (Å²) in [6, 6.07) is 11.6. The molecule has 7 heteroatoms. The summed E-state index contributed by atoms with van der Waals surface area (Å²) in [5.41, 5.74) is 1.38. The third kappa shape index (κ3) is 6.57. The minimum atomic E-state index is 0. The summed E-state index contributed by atoms with van der Waals surface area (Å²) in [4.78, 5) is 21.8. The van der Waals surface area contributed by atoms with Gasteiger partial charge in [-0.3, -0.25) is 14.7 Å². The van der Waals surface area contributed by atoms with E-state index in [1.54, 1.807) is 0 Å². The van der Waals surface area contributed by atoms with Gasteiger partial charge in [-0.25, -0.2) is 0 Å². The summed E-state index contributed by atoms with van der Waals surface area (Å²) >= 11 is 0. The Kier molecular flexibility index (Phi) is 9.44. The Morgan fingerprint density at radius 3 is 2.58 bits per heavy atom. The lowest BCUT2D eigenvalue weighted by Crippen LogP contribution is -2.48. The van der Waals surface area contributed by atoms with E-state index in [2.05, 4.69) is 55.8 Å². The first-order valence-corrected chi connectivity index (χ1v) is 11.8. The van der Waals surface area contributed by atoms with Crippen molar-refractivity contribution in [2.75, 3.05) is 33.2 Å². The van der Waals surface area contributed by atoms with Crippen LogP contribution in [0.25, 0.3) is 0 Å². The van der Waals surface area contributed by atoms with Gasteiger partial charge in [0.1, 0.15) is 0 Å². The summed E-state index contributed by atoms with van der Waals surface area (Å²) < 4.78 is 0. The molecule has 3 aliphatic rings. The monoisotopic (exact) mass is 539 g/mol. The molecule has 2 atom stereocenters. The molecular formula is C24H38IN5O. The van der Waals surface area contributed by atoms with Crippen molar-refractivity contribution in [1.29, 1.82) is 0 Å². The van der Waals surface area contributed by atoms with Crippen LogP contribution in [0.5, 0.6) is 0 Å². The number of hydrogen-bond donors (Lipinski definition) is 2. The second-order valence-corrected chi connectivity index (χ2v) is 9.10. The average molecular weight is 540 g/mol. The van der Waals surface area contributed by atoms with Crippen LogP contribution in [0.1, 0.15) is 50.5 Å². The molecule has 2 unspecified atom stereocenters. The lowest BCUT2D eigenvalue weighted by atomic mass is 10.1. The molecule has 172 valence electrons. The van der Waals surface area contributed by atoms with Crippen LogP contribution in [0.3, 0.4) is 0 Å². The lowest BCUT2D eigenvalue weighted by Gasteiger charge is -2.26. The average Bonchev–Trinajstić information content (AvgIpc) is 3.54. The van der Waals surface area contributed by atoms with E-state index in [1.807, 2.05) is 7.05 Å². The number of likely N-dealkylation sites (tertiary alicyclic amines) is 2. The molecule has 3 fully saturated rings. The Morgan fingerprint density at radius 2 is 1.84 bits per heavy atom. The fraction of sp³-hybridized carbons (Fsp3) is 0.667. The highest BCUT2D eigenvalue weighted by Crippen LogP contribution is 2.28. The standard InChI is InChI=1S/C24H37N5O.HI/c1-25-24(27-21-13-15-29(18-21)23(30)20-10-5-6-11-20)26-16-22-12-7-14-28(22)17-19-8-3-2-4-9-19;/h2-4,8-9,20-22H,5-7,10-18H2,1H3,(H2,25,26,27);1H. The fourth-order valence-corrected chi connectivity index (χ4v) is 5.26. The zero-order chi connectivity index (χ0) is 20.8. The molecule has 0 aromatic heterocycles. The molecule has 2 aliphatic heterocycles. The Morgan fingerprint density at radius 1 is 1.06 bits per heavy atom. The summed E-state index contributed by atoms with van der Waals surface area (Å²) in [7, 11) is 1.84. The molecule has 1 aromatic rings. The zero-order valence-electron chi connectivity index (χ0n) is 18.8. The van der Waals surface area contributed by atoms with Crippen LogP contribution >= 0.6 is 24.0 Å². The van der Waals surface area contributed by atoms with E-state index in [9.17, 15) is 4.79 Å². The van der Waals surface area contributed by atoms with Gasteiger partial charge in [0, 0.05) is 51.2 Å². The van der Waals surface area contributed by atoms with Crippen molar-refractivity contribution in [1.82, 2.24) is 20.4 Å². The number of carbonyl (C=O) groups is 1. The van der Waals surface area contributed by atoms with Gasteiger partial charge in [-0.1, -0.05) is 43.2 Å². The number of amides is 1. The van der Waals surface area contributed by atoms with Crippen molar-refractivity contribution >= 4 is 35.8 Å². The fourth-order valence-electron chi connectivity index (χ4n) is 5.26. The minimum absolute atomic E-state index is 0. The summed E-state index contributed by atoms with van der Waals surface area (Å²) in [5.74, 6) is 1.52. The number of nitrogens with zero attached hydrogens (tertiary/aromatic N) is 3. The first-order chi connectivity index (χ1) is 14.7. The number of rotatable bonds is 6. The second-order valence-electron chi connectivity index (χ2n) is 9.10. The van der Waals surface area contributed by atoms with Crippen LogP contribution in [-0.2, 0) is 11.3 Å². The van der Waals surface area contributed by atoms with Crippen LogP contribution in [0, 0.1) is 5.92 Å². The molecule has 0 spiro atoms. The van der Waals surface area contributed by atoms with Gasteiger partial charge in [-0.05, 0) is 44.2 Å². The van der Waals surface area contributed by atoms with Crippen LogP contribution in [-0.4, -0.2) is 67.0 Å². The largest absolute Gasteiger partial charge is 0.355 e. The maximum absolute atomic E-state index is 12.7. The summed E-state index contributed by atoms with van der Waals surface area (Å²) in [6.07, 6.45) is 8.07. The van der Waals surface area contributed by atoms with Gasteiger partial charge in [-0.15, -0.1) is 24.0 Å². The van der Waals surface area contributed by atoms with Gasteiger partial charge < -0.3 is 15.5 Å². The van der Waals surface area contributed by atoms with Gasteiger partial charge >= 0.3 is 0 Å². The Labute approximate surface area is 204 Å². The van der Waals surface area contributed by atoms with Crippen molar-refractivity contribution in [2.24, 2.45) is 10.9 Å². The SMILES string of the molecule is CN=C(NCC1CCCN1Cc1ccccc1)NC1CCN(C(=O)C2CCCC2)C1.I. The van der Waals surface area contributed by atoms with E-state index in [4.69, 9.17) is 0 Å². The van der Waals surface area contributed by atoms with Crippen molar-refractivity contribution in [3.05, 3.63) is 35.9 Å². The molecule has 1 aliphatic carbocycles. The first kappa shape index (κ1) is 24.3. The minimum Gasteiger partial charge on any atom is -0.355 e. The van der Waals surface area contributed by atoms with Gasteiger partial charge in [0.2, 0.25) is 5.91 Å². The molecule has 2 saturated heterocycles. The highest BCUT2D eigenvalue weighted by Gasteiger charge is 2.32. The number of nitrogens with one attached hydrogen (secondary N) is 2. The van der Waals surface area contributed by atoms with E-state index in [0.29, 0.717) is 18.0 Å². The number of aliphatic imine (C=N–C) groups is 1. The normalized spacial score (nSPS) is 24.9. The topological polar surface area (TPSA) is 60.0 Å². The number of halogens is 1. The van der Waals surface area contributed by atoms with Crippen LogP contribution in [0.15, 0.2) is 35.3 Å². The molecule has 1 aromatic carbocycles. The van der Waals surface area contributed by atoms with Crippen molar-refractivity contribution in [3.8, 4) is 0 Å². The molecule has 0 radical (unpaired) electrons. The molecule has 31 heavy (non-hydrogen) atoms. The van der Waals surface area contributed by atoms with Gasteiger partial charge in [0.15, 0.2) is 5.96 Å². The highest BCUT2D eigenvalue weighted by atomic mass is 127. The predicted molar refractivity (Wildman–Crippen MR) is 137 cm³/mol. The zero-order valence-corrected chi connectivity index (χ0v) is 21.1. The molecule has 2 N–H and O–H groups in total. The molecule has 4 rings (SSSR count). The van der Waals surface area contributed by atoms with Crippen molar-refractivity contribution in [3.63, 3.8) is 0 Å². The van der Waals surface area contributed by atoms with Gasteiger partial charge in [-0.2, -0.15) is 0 Å². The van der Waals surface area contributed by atoms with Crippen molar-refractivity contribution in [2.45, 2.75) is 63.6 Å². The molecule has 1 amide bonds. The second kappa shape index (κ2) is 12.0. The Bertz CT molecular complexity index is 722. The van der Waals surface area contributed by atoms with Crippen LogP contribution < -0.4 is 10.6 Å². The molecule has 0 bridgehead atoms. The summed E-state index contributed by atoms with van der Waals surface area (Å²) in [5, 5.41) is 7.10. The highest BCUT2D eigenvalue weighted by molar-refractivity contribution is 14.0. The quantitative estimate of drug-likeness (QED) is 0.331. The molecule has 1 saturated carbocycles. The number of benzene rings is 1. The maximum atomic E-state index is 12.7. The van der Waals surface area contributed by atoms with Crippen molar-refractivity contribution < 1.29 is 4.79 Å². The van der Waals surface area contributed by atoms with Gasteiger partial charge in [0.25, 0.3) is 0 Å². The molecular weight excluding hydrogens is 501 g/mol. The smallest absolute Gasteiger partial charge is 0.225 e. The van der Waals surface area contributed by atoms with E-state index < -0.39 is 0 Å². The molecule has 2 heterocycles. The Balaban J connectivity index is 0.00000272. The summed E-state index contributed by atoms with van der Waals surface area (Å²) in [6.45, 7) is 4.76. The number of carbonyl (C=O) groups excluding carboxylic acids is 1. The first-order valence-electron chi connectivity index (χ1n) is 11.8. The van der Waals surface area contributed by atoms with Gasteiger partial charge in [0.05, 0.1) is 0 Å². The lowest BCUT2D eigenvalue weighted by molar-refractivity contribution is -0.134. The Hall–Kier alpha value is -1.35. The third-order valence-corrected chi connectivity index (χ3v) is 7.00. The van der Waals surface area contributed by atoms with E-state index in [0.717, 1.165) is 57.9 Å². The van der Waals surface area contributed by atoms with Crippen LogP contribution in [0.4, 0.5) is 0 Å². The molecule has 6 nitrogen and oxygen atoms in total. The maximum Gasteiger partial charge on any atom is 0.225 e. The number of guanidine groups is 1. The third-order valence-electron chi connectivity index (χ3n) is 7.00. The van der Waals surface area contributed by atoms with E-state index in [1.165, 1.54) is 31.2 Å². The van der Waals surface area contributed by atoms with E-state index >= 15 is 0 Å².